The molecule has 0 fully saturated rings. The van der Waals surface area contributed by atoms with Crippen LogP contribution in [0.15, 0.2) is 36.4 Å². The Balaban J connectivity index is 2.41. The number of carbonyl (C=O) groups is 1. The molecule has 0 spiro atoms. The lowest BCUT2D eigenvalue weighted by atomic mass is 10.2. The van der Waals surface area contributed by atoms with Crippen LogP contribution < -0.4 is 0 Å². The third-order valence-corrected chi connectivity index (χ3v) is 2.94. The quantitative estimate of drug-likeness (QED) is 0.626. The van der Waals surface area contributed by atoms with Gasteiger partial charge < -0.3 is 4.74 Å². The first kappa shape index (κ1) is 13.1. The predicted octanol–water partition coefficient (Wildman–Crippen LogP) is 2.68. The number of carbonyl (C=O) groups excluding carboxylic acids is 1. The highest BCUT2D eigenvalue weighted by atomic mass is 16.5. The second-order valence-corrected chi connectivity index (χ2v) is 4.19. The molecule has 0 atom stereocenters. The molecule has 0 saturated carbocycles. The average molecular weight is 256 g/mol. The maximum Gasteiger partial charge on any atom is 0.330 e. The summed E-state index contributed by atoms with van der Waals surface area (Å²) < 4.78 is 6.46. The molecule has 2 aromatic rings. The Bertz CT molecular complexity index is 613. The van der Waals surface area contributed by atoms with E-state index < -0.39 is 0 Å². The minimum Gasteiger partial charge on any atom is -0.466 e. The standard InChI is InChI=1S/C15H16N2O2/c1-11-14(9-10-15(18)19-3)12(2)17(16-11)13-7-5-4-6-8-13/h4-10H,1-3H3/b10-9+. The number of para-hydroxylation sites is 1. The van der Waals surface area contributed by atoms with Gasteiger partial charge in [0.05, 0.1) is 18.5 Å². The molecular weight excluding hydrogens is 240 g/mol. The summed E-state index contributed by atoms with van der Waals surface area (Å²) >= 11 is 0. The van der Waals surface area contributed by atoms with E-state index in [1.807, 2.05) is 48.9 Å². The number of benzene rings is 1. The van der Waals surface area contributed by atoms with Gasteiger partial charge in [-0.2, -0.15) is 5.10 Å². The van der Waals surface area contributed by atoms with E-state index in [-0.39, 0.29) is 5.97 Å². The van der Waals surface area contributed by atoms with Crippen molar-refractivity contribution in [1.82, 2.24) is 9.78 Å². The van der Waals surface area contributed by atoms with E-state index >= 15 is 0 Å². The van der Waals surface area contributed by atoms with Crippen molar-refractivity contribution in [3.63, 3.8) is 0 Å². The Hall–Kier alpha value is -2.36. The van der Waals surface area contributed by atoms with Crippen LogP contribution in [0.1, 0.15) is 17.0 Å². The number of ether oxygens (including phenoxy) is 1. The Kier molecular flexibility index (Phi) is 3.80. The first-order valence-electron chi connectivity index (χ1n) is 6.01. The summed E-state index contributed by atoms with van der Waals surface area (Å²) in [6.07, 6.45) is 3.15. The molecule has 0 N–H and O–H groups in total. The van der Waals surface area contributed by atoms with Gasteiger partial charge in [0.25, 0.3) is 0 Å². The third-order valence-electron chi connectivity index (χ3n) is 2.94. The molecule has 0 radical (unpaired) electrons. The second kappa shape index (κ2) is 5.52. The van der Waals surface area contributed by atoms with Crippen LogP contribution in [0.4, 0.5) is 0 Å². The van der Waals surface area contributed by atoms with Gasteiger partial charge in [-0.15, -0.1) is 0 Å². The van der Waals surface area contributed by atoms with Crippen LogP contribution >= 0.6 is 0 Å². The Labute approximate surface area is 112 Å². The van der Waals surface area contributed by atoms with Crippen LogP contribution in [0.5, 0.6) is 0 Å². The van der Waals surface area contributed by atoms with Crippen LogP contribution in [0.3, 0.4) is 0 Å². The molecule has 1 aromatic carbocycles. The normalized spacial score (nSPS) is 10.9. The summed E-state index contributed by atoms with van der Waals surface area (Å²) in [5.41, 5.74) is 3.81. The number of aryl methyl sites for hydroxylation is 1. The summed E-state index contributed by atoms with van der Waals surface area (Å²) in [5, 5.41) is 4.50. The highest BCUT2D eigenvalue weighted by molar-refractivity contribution is 5.87. The molecule has 98 valence electrons. The van der Waals surface area contributed by atoms with Crippen molar-refractivity contribution < 1.29 is 9.53 Å². The van der Waals surface area contributed by atoms with Crippen molar-refractivity contribution in [2.75, 3.05) is 7.11 Å². The van der Waals surface area contributed by atoms with E-state index in [1.165, 1.54) is 13.2 Å². The van der Waals surface area contributed by atoms with Crippen LogP contribution in [0.2, 0.25) is 0 Å². The number of rotatable bonds is 3. The summed E-state index contributed by atoms with van der Waals surface area (Å²) in [6.45, 7) is 3.90. The molecule has 0 amide bonds. The molecule has 0 saturated heterocycles. The molecule has 0 aliphatic heterocycles. The third kappa shape index (κ3) is 2.73. The van der Waals surface area contributed by atoms with E-state index in [4.69, 9.17) is 0 Å². The first-order chi connectivity index (χ1) is 9.13. The van der Waals surface area contributed by atoms with Crippen LogP contribution in [-0.4, -0.2) is 22.9 Å². The van der Waals surface area contributed by atoms with E-state index in [0.717, 1.165) is 22.6 Å². The van der Waals surface area contributed by atoms with Gasteiger partial charge in [-0.1, -0.05) is 18.2 Å². The SMILES string of the molecule is COC(=O)/C=C/c1c(C)nn(-c2ccccc2)c1C. The molecule has 0 bridgehead atoms. The van der Waals surface area contributed by atoms with E-state index in [1.54, 1.807) is 6.08 Å². The number of methoxy groups -OCH3 is 1. The van der Waals surface area contributed by atoms with Gasteiger partial charge in [0.15, 0.2) is 0 Å². The highest BCUT2D eigenvalue weighted by Gasteiger charge is 2.10. The van der Waals surface area contributed by atoms with Gasteiger partial charge in [0, 0.05) is 17.3 Å². The van der Waals surface area contributed by atoms with Crippen molar-refractivity contribution in [2.45, 2.75) is 13.8 Å². The lowest BCUT2D eigenvalue weighted by Crippen LogP contribution is -1.98. The average Bonchev–Trinajstić information content (AvgIpc) is 2.72. The van der Waals surface area contributed by atoms with Gasteiger partial charge in [-0.3, -0.25) is 0 Å². The molecule has 0 aliphatic carbocycles. The summed E-state index contributed by atoms with van der Waals surface area (Å²) in [4.78, 5) is 11.1. The molecule has 1 aromatic heterocycles. The van der Waals surface area contributed by atoms with Gasteiger partial charge in [0.1, 0.15) is 0 Å². The fourth-order valence-corrected chi connectivity index (χ4v) is 1.94. The number of nitrogens with zero attached hydrogens (tertiary/aromatic N) is 2. The van der Waals surface area contributed by atoms with E-state index in [0.29, 0.717) is 0 Å². The maximum atomic E-state index is 11.1. The van der Waals surface area contributed by atoms with Gasteiger partial charge >= 0.3 is 5.97 Å². The van der Waals surface area contributed by atoms with Crippen LogP contribution in [0.25, 0.3) is 11.8 Å². The topological polar surface area (TPSA) is 44.1 Å². The monoisotopic (exact) mass is 256 g/mol. The minimum absolute atomic E-state index is 0.369. The van der Waals surface area contributed by atoms with Gasteiger partial charge in [-0.05, 0) is 32.1 Å². The summed E-state index contributed by atoms with van der Waals surface area (Å²) in [7, 11) is 1.36. The minimum atomic E-state index is -0.369. The predicted molar refractivity (Wildman–Crippen MR) is 74.1 cm³/mol. The van der Waals surface area contributed by atoms with Crippen molar-refractivity contribution in [1.29, 1.82) is 0 Å². The maximum absolute atomic E-state index is 11.1. The second-order valence-electron chi connectivity index (χ2n) is 4.19. The van der Waals surface area contributed by atoms with Crippen molar-refractivity contribution >= 4 is 12.0 Å². The molecule has 19 heavy (non-hydrogen) atoms. The molecular formula is C15H16N2O2. The zero-order valence-corrected chi connectivity index (χ0v) is 11.3. The highest BCUT2D eigenvalue weighted by Crippen LogP contribution is 2.18. The molecule has 0 aliphatic rings. The van der Waals surface area contributed by atoms with Crippen molar-refractivity contribution in [3.05, 3.63) is 53.4 Å². The van der Waals surface area contributed by atoms with Crippen LogP contribution in [-0.2, 0) is 9.53 Å². The van der Waals surface area contributed by atoms with Gasteiger partial charge in [-0.25, -0.2) is 9.48 Å². The lowest BCUT2D eigenvalue weighted by molar-refractivity contribution is -0.134. The zero-order chi connectivity index (χ0) is 13.8. The molecule has 4 nitrogen and oxygen atoms in total. The Morgan fingerprint density at radius 3 is 2.58 bits per heavy atom. The zero-order valence-electron chi connectivity index (χ0n) is 11.3. The Morgan fingerprint density at radius 2 is 1.95 bits per heavy atom. The smallest absolute Gasteiger partial charge is 0.330 e. The van der Waals surface area contributed by atoms with Crippen molar-refractivity contribution in [2.24, 2.45) is 0 Å². The Morgan fingerprint density at radius 1 is 1.26 bits per heavy atom. The lowest BCUT2D eigenvalue weighted by Gasteiger charge is -2.03. The van der Waals surface area contributed by atoms with Gasteiger partial charge in [0.2, 0.25) is 0 Å². The molecule has 0 unspecified atom stereocenters. The fraction of sp³-hybridized carbons (Fsp3) is 0.200. The largest absolute Gasteiger partial charge is 0.466 e. The molecule has 4 heteroatoms. The van der Waals surface area contributed by atoms with Crippen molar-refractivity contribution in [3.8, 4) is 5.69 Å². The number of hydrogen-bond donors (Lipinski definition) is 0. The first-order valence-corrected chi connectivity index (χ1v) is 6.01. The molecule has 2 rings (SSSR count). The number of esters is 1. The number of aromatic nitrogens is 2. The molecule has 1 heterocycles. The summed E-state index contributed by atoms with van der Waals surface area (Å²) in [6, 6.07) is 9.89. The summed E-state index contributed by atoms with van der Waals surface area (Å²) in [5.74, 6) is -0.369. The fourth-order valence-electron chi connectivity index (χ4n) is 1.94. The number of hydrogen-bond acceptors (Lipinski definition) is 3. The van der Waals surface area contributed by atoms with Crippen LogP contribution in [0, 0.1) is 13.8 Å². The van der Waals surface area contributed by atoms with E-state index in [9.17, 15) is 4.79 Å². The van der Waals surface area contributed by atoms with E-state index in [2.05, 4.69) is 9.84 Å².